The summed E-state index contributed by atoms with van der Waals surface area (Å²) < 4.78 is 1.43. The Morgan fingerprint density at radius 1 is 1.19 bits per heavy atom. The molecule has 7 heteroatoms. The van der Waals surface area contributed by atoms with Gasteiger partial charge in [-0.3, -0.25) is 9.59 Å². The van der Waals surface area contributed by atoms with Crippen LogP contribution in [0.25, 0.3) is 10.8 Å². The third-order valence-corrected chi connectivity index (χ3v) is 5.84. The first-order valence-corrected chi connectivity index (χ1v) is 9.50. The van der Waals surface area contributed by atoms with Crippen LogP contribution < -0.4 is 10.9 Å². The van der Waals surface area contributed by atoms with Gasteiger partial charge in [0.1, 0.15) is 0 Å². The van der Waals surface area contributed by atoms with Gasteiger partial charge in [0.2, 0.25) is 0 Å². The summed E-state index contributed by atoms with van der Waals surface area (Å²) in [5.74, 6) is -0.0955. The molecule has 2 unspecified atom stereocenters. The Kier molecular flexibility index (Phi) is 5.58. The number of nitrogens with zero attached hydrogens (tertiary/aromatic N) is 3. The number of nitrogens with one attached hydrogen (secondary N) is 1. The standard InChI is InChI=1S/C20H26N4O2.ClH/c1-12(2)24-19(25)17-7-5-4-6-16(17)18(22-24)20(26)23(3)15-10-13-8-9-14(11-15)21-13;/h4-7,12-15,21H,8-11H2,1-3H3;1H. The number of carbonyl (C=O) groups is 1. The summed E-state index contributed by atoms with van der Waals surface area (Å²) in [6.07, 6.45) is 4.37. The third-order valence-electron chi connectivity index (χ3n) is 5.84. The van der Waals surface area contributed by atoms with Crippen LogP contribution in [0, 0.1) is 0 Å². The van der Waals surface area contributed by atoms with Crippen molar-refractivity contribution in [3.8, 4) is 0 Å². The van der Waals surface area contributed by atoms with Crippen LogP contribution in [-0.2, 0) is 0 Å². The van der Waals surface area contributed by atoms with Crippen molar-refractivity contribution in [2.45, 2.75) is 63.7 Å². The van der Waals surface area contributed by atoms with Gasteiger partial charge in [-0.1, -0.05) is 18.2 Å². The summed E-state index contributed by atoms with van der Waals surface area (Å²) in [4.78, 5) is 27.8. The zero-order chi connectivity index (χ0) is 18.4. The Labute approximate surface area is 165 Å². The molecule has 2 aromatic rings. The number of carbonyl (C=O) groups excluding carboxylic acids is 1. The van der Waals surface area contributed by atoms with Gasteiger partial charge in [0, 0.05) is 30.6 Å². The molecule has 1 N–H and O–H groups in total. The van der Waals surface area contributed by atoms with Crippen LogP contribution in [0.15, 0.2) is 29.1 Å². The van der Waals surface area contributed by atoms with E-state index < -0.39 is 0 Å². The Balaban J connectivity index is 0.00000210. The van der Waals surface area contributed by atoms with Gasteiger partial charge in [-0.05, 0) is 45.6 Å². The number of amides is 1. The van der Waals surface area contributed by atoms with Crippen molar-refractivity contribution in [1.82, 2.24) is 20.0 Å². The first kappa shape index (κ1) is 19.8. The lowest BCUT2D eigenvalue weighted by molar-refractivity contribution is 0.0675. The minimum atomic E-state index is -0.144. The lowest BCUT2D eigenvalue weighted by Gasteiger charge is -2.35. The summed E-state index contributed by atoms with van der Waals surface area (Å²) in [5.41, 5.74) is 0.233. The maximum Gasteiger partial charge on any atom is 0.274 e. The number of aromatic nitrogens is 2. The predicted octanol–water partition coefficient (Wildman–Crippen LogP) is 2.75. The van der Waals surface area contributed by atoms with Crippen molar-refractivity contribution < 1.29 is 4.79 Å². The van der Waals surface area contributed by atoms with Gasteiger partial charge in [-0.15, -0.1) is 12.4 Å². The van der Waals surface area contributed by atoms with E-state index in [0.29, 0.717) is 28.6 Å². The van der Waals surface area contributed by atoms with Crippen LogP contribution in [0.4, 0.5) is 0 Å². The summed E-state index contributed by atoms with van der Waals surface area (Å²) in [6, 6.07) is 8.44. The van der Waals surface area contributed by atoms with Crippen LogP contribution in [0.5, 0.6) is 0 Å². The van der Waals surface area contributed by atoms with Crippen molar-refractivity contribution in [2.24, 2.45) is 0 Å². The quantitative estimate of drug-likeness (QED) is 0.875. The van der Waals surface area contributed by atoms with E-state index in [1.165, 1.54) is 17.5 Å². The average Bonchev–Trinajstić information content (AvgIpc) is 2.98. The number of hydrogen-bond donors (Lipinski definition) is 1. The molecule has 0 aliphatic carbocycles. The topological polar surface area (TPSA) is 67.2 Å². The molecule has 27 heavy (non-hydrogen) atoms. The Morgan fingerprint density at radius 2 is 1.78 bits per heavy atom. The minimum Gasteiger partial charge on any atom is -0.337 e. The first-order chi connectivity index (χ1) is 12.5. The molecule has 2 fully saturated rings. The summed E-state index contributed by atoms with van der Waals surface area (Å²) in [6.45, 7) is 3.82. The predicted molar refractivity (Wildman–Crippen MR) is 109 cm³/mol. The van der Waals surface area contributed by atoms with Crippen molar-refractivity contribution in [3.05, 3.63) is 40.3 Å². The molecular formula is C20H27ClN4O2. The average molecular weight is 391 g/mol. The Hall–Kier alpha value is -1.92. The summed E-state index contributed by atoms with van der Waals surface area (Å²) in [5, 5.41) is 9.28. The molecule has 146 valence electrons. The van der Waals surface area contributed by atoms with E-state index in [1.807, 2.05) is 44.0 Å². The van der Waals surface area contributed by atoms with Crippen molar-refractivity contribution >= 4 is 29.1 Å². The van der Waals surface area contributed by atoms with E-state index in [4.69, 9.17) is 0 Å². The number of rotatable bonds is 3. The number of piperidine rings is 1. The normalized spacial score (nSPS) is 24.1. The molecule has 6 nitrogen and oxygen atoms in total. The highest BCUT2D eigenvalue weighted by Gasteiger charge is 2.37. The second-order valence-electron chi connectivity index (χ2n) is 7.92. The highest BCUT2D eigenvalue weighted by Crippen LogP contribution is 2.30. The van der Waals surface area contributed by atoms with E-state index in [9.17, 15) is 9.59 Å². The number of fused-ring (bicyclic) bond motifs is 3. The van der Waals surface area contributed by atoms with Crippen LogP contribution in [0.3, 0.4) is 0 Å². The number of hydrogen-bond acceptors (Lipinski definition) is 4. The van der Waals surface area contributed by atoms with Gasteiger partial charge in [-0.25, -0.2) is 4.68 Å². The van der Waals surface area contributed by atoms with Gasteiger partial charge >= 0.3 is 0 Å². The fraction of sp³-hybridized carbons (Fsp3) is 0.550. The molecule has 2 atom stereocenters. The fourth-order valence-electron chi connectivity index (χ4n) is 4.39. The number of halogens is 1. The SMILES string of the molecule is CC(C)n1nc(C(=O)N(C)C2CC3CCC(C2)N3)c2ccccc2c1=O.Cl. The molecule has 0 radical (unpaired) electrons. The fourth-order valence-corrected chi connectivity index (χ4v) is 4.39. The van der Waals surface area contributed by atoms with Gasteiger partial charge in [0.15, 0.2) is 5.69 Å². The molecule has 2 bridgehead atoms. The maximum atomic E-state index is 13.3. The molecule has 2 aliphatic rings. The van der Waals surface area contributed by atoms with Crippen LogP contribution in [-0.4, -0.2) is 45.8 Å². The van der Waals surface area contributed by atoms with E-state index in [2.05, 4.69) is 10.4 Å². The molecular weight excluding hydrogens is 364 g/mol. The van der Waals surface area contributed by atoms with Gasteiger partial charge in [0.25, 0.3) is 11.5 Å². The monoisotopic (exact) mass is 390 g/mol. The molecule has 4 rings (SSSR count). The zero-order valence-corrected chi connectivity index (χ0v) is 16.8. The Morgan fingerprint density at radius 3 is 2.37 bits per heavy atom. The summed E-state index contributed by atoms with van der Waals surface area (Å²) >= 11 is 0. The third kappa shape index (κ3) is 3.48. The molecule has 2 saturated heterocycles. The Bertz CT molecular complexity index is 898. The second-order valence-corrected chi connectivity index (χ2v) is 7.92. The minimum absolute atomic E-state index is 0. The lowest BCUT2D eigenvalue weighted by atomic mass is 9.98. The largest absolute Gasteiger partial charge is 0.337 e. The van der Waals surface area contributed by atoms with Gasteiger partial charge in [-0.2, -0.15) is 5.10 Å². The number of benzene rings is 1. The van der Waals surface area contributed by atoms with E-state index >= 15 is 0 Å². The highest BCUT2D eigenvalue weighted by molar-refractivity contribution is 6.04. The lowest BCUT2D eigenvalue weighted by Crippen LogP contribution is -2.49. The molecule has 2 aliphatic heterocycles. The van der Waals surface area contributed by atoms with Crippen molar-refractivity contribution in [1.29, 1.82) is 0 Å². The molecule has 0 saturated carbocycles. The van der Waals surface area contributed by atoms with Crippen LogP contribution in [0.1, 0.15) is 56.1 Å². The molecule has 1 amide bonds. The van der Waals surface area contributed by atoms with E-state index in [1.54, 1.807) is 6.07 Å². The van der Waals surface area contributed by atoms with Crippen LogP contribution in [0.2, 0.25) is 0 Å². The van der Waals surface area contributed by atoms with Gasteiger partial charge < -0.3 is 10.2 Å². The van der Waals surface area contributed by atoms with Crippen LogP contribution >= 0.6 is 12.4 Å². The second kappa shape index (κ2) is 7.60. The molecule has 0 spiro atoms. The van der Waals surface area contributed by atoms with E-state index in [0.717, 1.165) is 12.8 Å². The van der Waals surface area contributed by atoms with Crippen molar-refractivity contribution in [3.63, 3.8) is 0 Å². The maximum absolute atomic E-state index is 13.3. The first-order valence-electron chi connectivity index (χ1n) is 9.50. The zero-order valence-electron chi connectivity index (χ0n) is 16.0. The van der Waals surface area contributed by atoms with E-state index in [-0.39, 0.29) is 36.0 Å². The molecule has 1 aromatic heterocycles. The smallest absolute Gasteiger partial charge is 0.274 e. The summed E-state index contributed by atoms with van der Waals surface area (Å²) in [7, 11) is 1.87. The molecule has 3 heterocycles. The highest BCUT2D eigenvalue weighted by atomic mass is 35.5. The van der Waals surface area contributed by atoms with Crippen molar-refractivity contribution in [2.75, 3.05) is 7.05 Å². The molecule has 1 aromatic carbocycles. The van der Waals surface area contributed by atoms with Gasteiger partial charge in [0.05, 0.1) is 11.4 Å².